The summed E-state index contributed by atoms with van der Waals surface area (Å²) in [5.41, 5.74) is 0. The molecule has 0 aromatic rings. The lowest BCUT2D eigenvalue weighted by Gasteiger charge is -2.31. The van der Waals surface area contributed by atoms with Crippen LogP contribution in [-0.2, 0) is 14.3 Å². The molecule has 3 nitrogen and oxygen atoms in total. The van der Waals surface area contributed by atoms with Crippen molar-refractivity contribution in [3.05, 3.63) is 0 Å². The second-order valence-corrected chi connectivity index (χ2v) is 10.6. The molecule has 1 atom stereocenters. The second kappa shape index (κ2) is 3.10. The Morgan fingerprint density at radius 2 is 2.08 bits per heavy atom. The van der Waals surface area contributed by atoms with Crippen molar-refractivity contribution in [1.29, 1.82) is 0 Å². The third kappa shape index (κ3) is 1.53. The summed E-state index contributed by atoms with van der Waals surface area (Å²) in [4.78, 5) is 22.5. The van der Waals surface area contributed by atoms with Crippen LogP contribution in [0.3, 0.4) is 0 Å². The van der Waals surface area contributed by atoms with E-state index in [0.717, 1.165) is 0 Å². The Morgan fingerprint density at radius 3 is 2.23 bits per heavy atom. The number of cyclic esters (lactones) is 2. The van der Waals surface area contributed by atoms with E-state index in [1.54, 1.807) is 0 Å². The lowest BCUT2D eigenvalue weighted by atomic mass is 10.0. The molecule has 13 heavy (non-hydrogen) atoms. The van der Waals surface area contributed by atoms with E-state index in [1.807, 2.05) is 20.0 Å². The van der Waals surface area contributed by atoms with Crippen LogP contribution in [-0.4, -0.2) is 19.3 Å². The first-order valence-corrected chi connectivity index (χ1v) is 8.29. The predicted molar refractivity (Wildman–Crippen MR) is 52.0 cm³/mol. The smallest absolute Gasteiger partial charge is 0.318 e. The number of hydrogen-bond acceptors (Lipinski definition) is 3. The maximum Gasteiger partial charge on any atom is 0.318 e. The van der Waals surface area contributed by atoms with Gasteiger partial charge in [-0.15, -0.1) is 0 Å². The fraction of sp³-hybridized carbons (Fsp3) is 0.750. The molecule has 0 spiro atoms. The van der Waals surface area contributed by atoms with E-state index >= 15 is 0 Å². The van der Waals surface area contributed by atoms with E-state index < -0.39 is 24.4 Å². The van der Waals surface area contributed by atoms with Crippen molar-refractivity contribution in [3.8, 4) is 0 Å². The predicted octanol–water partition coefficient (Wildman–Crippen LogP) is 2.05. The van der Waals surface area contributed by atoms with Gasteiger partial charge in [0.05, 0.1) is 11.5 Å². The molecule has 1 aliphatic rings. The summed E-state index contributed by atoms with van der Waals surface area (Å²) >= 11 is 6.24. The van der Waals surface area contributed by atoms with E-state index in [-0.39, 0.29) is 6.42 Å². The van der Waals surface area contributed by atoms with Crippen LogP contribution in [0.4, 0.5) is 0 Å². The molecule has 0 bridgehead atoms. The van der Waals surface area contributed by atoms with Crippen LogP contribution < -0.4 is 0 Å². The molecule has 1 heterocycles. The standard InChI is InChI=1S/C8H13ClO3Si/c1-4-8(13(2,3)9)5-6(10)12-7(8)11/h4-5H2,1-3H3. The van der Waals surface area contributed by atoms with E-state index in [1.165, 1.54) is 0 Å². The SMILES string of the molecule is CCC1([Si](C)(C)Cl)CC(=O)OC1=O. The van der Waals surface area contributed by atoms with Gasteiger partial charge in [-0.05, 0) is 6.42 Å². The molecule has 1 rings (SSSR count). The fourth-order valence-corrected chi connectivity index (χ4v) is 4.47. The third-order valence-electron chi connectivity index (χ3n) is 2.78. The van der Waals surface area contributed by atoms with Crippen LogP contribution in [0.2, 0.25) is 18.1 Å². The van der Waals surface area contributed by atoms with E-state index in [0.29, 0.717) is 6.42 Å². The van der Waals surface area contributed by atoms with Gasteiger partial charge in [0.15, 0.2) is 7.38 Å². The molecule has 1 fully saturated rings. The Kier molecular flexibility index (Phi) is 2.56. The number of ether oxygens (including phenoxy) is 1. The molecule has 0 aromatic carbocycles. The first-order valence-electron chi connectivity index (χ1n) is 4.27. The van der Waals surface area contributed by atoms with Crippen molar-refractivity contribution in [2.24, 2.45) is 0 Å². The Labute approximate surface area is 83.1 Å². The van der Waals surface area contributed by atoms with Crippen molar-refractivity contribution < 1.29 is 14.3 Å². The van der Waals surface area contributed by atoms with Gasteiger partial charge in [0.2, 0.25) is 0 Å². The minimum Gasteiger partial charge on any atom is -0.393 e. The van der Waals surface area contributed by atoms with Gasteiger partial charge in [-0.25, -0.2) is 0 Å². The quantitative estimate of drug-likeness (QED) is 0.310. The average Bonchev–Trinajstić information content (AvgIpc) is 2.25. The molecular weight excluding hydrogens is 208 g/mol. The fourth-order valence-electron chi connectivity index (χ4n) is 1.70. The van der Waals surface area contributed by atoms with Gasteiger partial charge in [-0.3, -0.25) is 9.59 Å². The maximum absolute atomic E-state index is 11.5. The van der Waals surface area contributed by atoms with Crippen LogP contribution in [0.15, 0.2) is 0 Å². The van der Waals surface area contributed by atoms with Crippen molar-refractivity contribution in [2.45, 2.75) is 37.9 Å². The van der Waals surface area contributed by atoms with Gasteiger partial charge >= 0.3 is 11.9 Å². The van der Waals surface area contributed by atoms with E-state index in [9.17, 15) is 9.59 Å². The molecule has 0 N–H and O–H groups in total. The van der Waals surface area contributed by atoms with Gasteiger partial charge < -0.3 is 4.74 Å². The van der Waals surface area contributed by atoms with Crippen LogP contribution in [0, 0.1) is 0 Å². The van der Waals surface area contributed by atoms with E-state index in [4.69, 9.17) is 11.1 Å². The Bertz CT molecular complexity index is 259. The Morgan fingerprint density at radius 1 is 1.54 bits per heavy atom. The molecule has 0 aromatic heterocycles. The number of carbonyl (C=O) groups excluding carboxylic acids is 2. The zero-order valence-electron chi connectivity index (χ0n) is 8.02. The second-order valence-electron chi connectivity index (χ2n) is 3.85. The Balaban J connectivity index is 3.08. The minimum absolute atomic E-state index is 0.158. The highest BCUT2D eigenvalue weighted by molar-refractivity contribution is 7.22. The summed E-state index contributed by atoms with van der Waals surface area (Å²) in [5, 5.41) is -0.703. The van der Waals surface area contributed by atoms with Crippen molar-refractivity contribution in [3.63, 3.8) is 0 Å². The largest absolute Gasteiger partial charge is 0.393 e. The van der Waals surface area contributed by atoms with Crippen molar-refractivity contribution >= 4 is 30.4 Å². The van der Waals surface area contributed by atoms with Crippen molar-refractivity contribution in [2.75, 3.05) is 0 Å². The lowest BCUT2D eigenvalue weighted by molar-refractivity contribution is -0.152. The molecule has 0 saturated carbocycles. The minimum atomic E-state index is -2.20. The molecule has 5 heteroatoms. The first-order chi connectivity index (χ1) is 5.83. The topological polar surface area (TPSA) is 43.4 Å². The van der Waals surface area contributed by atoms with Gasteiger partial charge in [0.1, 0.15) is 0 Å². The van der Waals surface area contributed by atoms with Gasteiger partial charge in [-0.2, -0.15) is 11.1 Å². The summed E-state index contributed by atoms with van der Waals surface area (Å²) in [5.74, 6) is -0.861. The molecule has 0 aliphatic carbocycles. The third-order valence-corrected chi connectivity index (χ3v) is 6.88. The highest BCUT2D eigenvalue weighted by atomic mass is 35.6. The van der Waals surface area contributed by atoms with Gasteiger partial charge in [-0.1, -0.05) is 20.0 Å². The van der Waals surface area contributed by atoms with Crippen LogP contribution in [0.25, 0.3) is 0 Å². The molecule has 74 valence electrons. The lowest BCUT2D eigenvalue weighted by Crippen LogP contribution is -2.40. The maximum atomic E-state index is 11.5. The summed E-state index contributed by atoms with van der Waals surface area (Å²) in [6.45, 7) is 5.62. The van der Waals surface area contributed by atoms with Crippen molar-refractivity contribution in [1.82, 2.24) is 0 Å². The molecular formula is C8H13ClO3Si. The number of rotatable bonds is 2. The van der Waals surface area contributed by atoms with Crippen LogP contribution in [0.1, 0.15) is 19.8 Å². The number of carbonyl (C=O) groups is 2. The molecule has 1 unspecified atom stereocenters. The highest BCUT2D eigenvalue weighted by Crippen LogP contribution is 2.51. The number of halogens is 1. The monoisotopic (exact) mass is 220 g/mol. The van der Waals surface area contributed by atoms with Gasteiger partial charge in [0, 0.05) is 0 Å². The summed E-state index contributed by atoms with van der Waals surface area (Å²) in [6.07, 6.45) is 0.741. The molecule has 1 saturated heterocycles. The van der Waals surface area contributed by atoms with E-state index in [2.05, 4.69) is 4.74 Å². The van der Waals surface area contributed by atoms with Crippen LogP contribution >= 0.6 is 11.1 Å². The summed E-state index contributed by atoms with van der Waals surface area (Å²) in [7, 11) is -2.20. The zero-order chi connectivity index (χ0) is 10.3. The number of hydrogen-bond donors (Lipinski definition) is 0. The summed E-state index contributed by atoms with van der Waals surface area (Å²) in [6, 6.07) is 0. The highest BCUT2D eigenvalue weighted by Gasteiger charge is 2.58. The summed E-state index contributed by atoms with van der Waals surface area (Å²) < 4.78 is 4.57. The normalized spacial score (nSPS) is 29.2. The van der Waals surface area contributed by atoms with Crippen LogP contribution in [0.5, 0.6) is 0 Å². The Hall–Kier alpha value is -0.353. The zero-order valence-corrected chi connectivity index (χ0v) is 9.77. The number of esters is 2. The van der Waals surface area contributed by atoms with Gasteiger partial charge in [0.25, 0.3) is 0 Å². The molecule has 0 radical (unpaired) electrons. The first kappa shape index (κ1) is 10.7. The molecule has 1 aliphatic heterocycles. The molecule has 0 amide bonds. The average molecular weight is 221 g/mol.